The van der Waals surface area contributed by atoms with Crippen molar-refractivity contribution in [2.45, 2.75) is 27.2 Å². The molecule has 1 heteroatoms. The van der Waals surface area contributed by atoms with Crippen LogP contribution in [0.4, 0.5) is 0 Å². The largest absolute Gasteiger partial charge is 0.0958 e. The summed E-state index contributed by atoms with van der Waals surface area (Å²) in [5, 5.41) is 0.880. The lowest BCUT2D eigenvalue weighted by molar-refractivity contribution is 1.19. The molecule has 0 aliphatic carbocycles. The number of rotatable bonds is 3. The maximum absolute atomic E-state index is 5.80. The molecule has 0 spiro atoms. The molecule has 0 amide bonds. The Hall–Kier alpha value is -0.490. The molecule has 0 aliphatic heterocycles. The molecule has 0 aromatic carbocycles. The van der Waals surface area contributed by atoms with Crippen LogP contribution < -0.4 is 0 Å². The molecule has 0 nitrogen and oxygen atoms in total. The SMILES string of the molecule is C=C(C)/C(C)=C/C=C(/Cl)CC. The van der Waals surface area contributed by atoms with Crippen LogP contribution in [-0.2, 0) is 0 Å². The molecule has 0 unspecified atom stereocenters. The van der Waals surface area contributed by atoms with E-state index < -0.39 is 0 Å². The molecule has 62 valence electrons. The molecule has 11 heavy (non-hydrogen) atoms. The van der Waals surface area contributed by atoms with Crippen LogP contribution in [0.2, 0.25) is 0 Å². The Labute approximate surface area is 74.3 Å². The zero-order valence-electron chi connectivity index (χ0n) is 7.45. The number of hydrogen-bond donors (Lipinski definition) is 0. The van der Waals surface area contributed by atoms with Crippen LogP contribution >= 0.6 is 11.6 Å². The Morgan fingerprint density at radius 1 is 1.36 bits per heavy atom. The van der Waals surface area contributed by atoms with E-state index >= 15 is 0 Å². The summed E-state index contributed by atoms with van der Waals surface area (Å²) in [5.74, 6) is 0. The Morgan fingerprint density at radius 3 is 2.27 bits per heavy atom. The van der Waals surface area contributed by atoms with Gasteiger partial charge in [-0.3, -0.25) is 0 Å². The fourth-order valence-electron chi connectivity index (χ4n) is 0.476. The van der Waals surface area contributed by atoms with Crippen molar-refractivity contribution in [3.8, 4) is 0 Å². The molecule has 0 fully saturated rings. The molecule has 0 rings (SSSR count). The molecule has 0 bridgehead atoms. The zero-order valence-corrected chi connectivity index (χ0v) is 8.20. The van der Waals surface area contributed by atoms with Gasteiger partial charge in [-0.25, -0.2) is 0 Å². The maximum Gasteiger partial charge on any atom is 0.0178 e. The predicted octanol–water partition coefficient (Wildman–Crippen LogP) is 4.04. The van der Waals surface area contributed by atoms with Gasteiger partial charge in [0.15, 0.2) is 0 Å². The summed E-state index contributed by atoms with van der Waals surface area (Å²) in [4.78, 5) is 0. The number of allylic oxidation sites excluding steroid dienone is 5. The minimum atomic E-state index is 0.880. The molecule has 0 saturated heterocycles. The monoisotopic (exact) mass is 170 g/mol. The summed E-state index contributed by atoms with van der Waals surface area (Å²) in [5.41, 5.74) is 2.26. The highest BCUT2D eigenvalue weighted by Gasteiger charge is 1.87. The number of halogens is 1. The van der Waals surface area contributed by atoms with Crippen molar-refractivity contribution in [1.82, 2.24) is 0 Å². The van der Waals surface area contributed by atoms with Gasteiger partial charge in [0.2, 0.25) is 0 Å². The Morgan fingerprint density at radius 2 is 1.91 bits per heavy atom. The van der Waals surface area contributed by atoms with Crippen molar-refractivity contribution in [3.63, 3.8) is 0 Å². The Balaban J connectivity index is 4.22. The fraction of sp³-hybridized carbons (Fsp3) is 0.400. The van der Waals surface area contributed by atoms with Crippen LogP contribution in [-0.4, -0.2) is 0 Å². The molecular formula is C10H15Cl. The van der Waals surface area contributed by atoms with E-state index in [0.29, 0.717) is 0 Å². The van der Waals surface area contributed by atoms with Gasteiger partial charge in [-0.15, -0.1) is 0 Å². The summed E-state index contributed by atoms with van der Waals surface area (Å²) >= 11 is 5.80. The predicted molar refractivity (Wildman–Crippen MR) is 52.8 cm³/mol. The molecule has 0 N–H and O–H groups in total. The van der Waals surface area contributed by atoms with E-state index in [1.807, 2.05) is 32.9 Å². The summed E-state index contributed by atoms with van der Waals surface area (Å²) in [6.45, 7) is 9.86. The summed E-state index contributed by atoms with van der Waals surface area (Å²) < 4.78 is 0. The molecule has 0 aromatic heterocycles. The van der Waals surface area contributed by atoms with Crippen molar-refractivity contribution < 1.29 is 0 Å². The van der Waals surface area contributed by atoms with Crippen LogP contribution in [0.3, 0.4) is 0 Å². The standard InChI is InChI=1S/C10H15Cl/c1-5-10(11)7-6-9(4)8(2)3/h6-7H,2,5H2,1,3-4H3/b9-6+,10-7+. The molecule has 0 heterocycles. The first kappa shape index (κ1) is 10.5. The Kier molecular flexibility index (Phi) is 4.97. The highest BCUT2D eigenvalue weighted by Crippen LogP contribution is 2.09. The second kappa shape index (κ2) is 5.20. The van der Waals surface area contributed by atoms with E-state index in [1.165, 1.54) is 5.57 Å². The van der Waals surface area contributed by atoms with Crippen LogP contribution in [0, 0.1) is 0 Å². The van der Waals surface area contributed by atoms with E-state index in [4.69, 9.17) is 11.6 Å². The molecule has 0 atom stereocenters. The van der Waals surface area contributed by atoms with Gasteiger partial charge in [0, 0.05) is 5.03 Å². The topological polar surface area (TPSA) is 0 Å². The normalized spacial score (nSPS) is 13.5. The van der Waals surface area contributed by atoms with Gasteiger partial charge >= 0.3 is 0 Å². The summed E-state index contributed by atoms with van der Waals surface area (Å²) in [6, 6.07) is 0. The van der Waals surface area contributed by atoms with E-state index in [-0.39, 0.29) is 0 Å². The van der Waals surface area contributed by atoms with Gasteiger partial charge in [0.05, 0.1) is 0 Å². The maximum atomic E-state index is 5.80. The van der Waals surface area contributed by atoms with E-state index in [1.54, 1.807) is 0 Å². The number of hydrogen-bond acceptors (Lipinski definition) is 0. The van der Waals surface area contributed by atoms with Crippen LogP contribution in [0.25, 0.3) is 0 Å². The van der Waals surface area contributed by atoms with Crippen LogP contribution in [0.5, 0.6) is 0 Å². The average Bonchev–Trinajstić information content (AvgIpc) is 1.99. The third-order valence-corrected chi connectivity index (χ3v) is 1.92. The Bertz CT molecular complexity index is 197. The molecule has 0 radical (unpaired) electrons. The van der Waals surface area contributed by atoms with Crippen molar-refractivity contribution in [2.24, 2.45) is 0 Å². The first-order valence-electron chi connectivity index (χ1n) is 3.76. The van der Waals surface area contributed by atoms with E-state index in [2.05, 4.69) is 6.58 Å². The minimum absolute atomic E-state index is 0.880. The smallest absolute Gasteiger partial charge is 0.0178 e. The average molecular weight is 171 g/mol. The summed E-state index contributed by atoms with van der Waals surface area (Å²) in [7, 11) is 0. The second-order valence-electron chi connectivity index (χ2n) is 2.60. The van der Waals surface area contributed by atoms with Crippen molar-refractivity contribution in [3.05, 3.63) is 34.9 Å². The van der Waals surface area contributed by atoms with Gasteiger partial charge in [0.25, 0.3) is 0 Å². The van der Waals surface area contributed by atoms with Crippen molar-refractivity contribution >= 4 is 11.6 Å². The summed E-state index contributed by atoms with van der Waals surface area (Å²) in [6.07, 6.45) is 4.81. The van der Waals surface area contributed by atoms with Gasteiger partial charge in [-0.1, -0.05) is 36.8 Å². The molecule has 0 saturated carbocycles. The third-order valence-electron chi connectivity index (χ3n) is 1.53. The first-order chi connectivity index (χ1) is 5.07. The molecule has 0 aromatic rings. The van der Waals surface area contributed by atoms with E-state index in [9.17, 15) is 0 Å². The lowest BCUT2D eigenvalue weighted by Gasteiger charge is -1.95. The van der Waals surface area contributed by atoms with Crippen molar-refractivity contribution in [2.75, 3.05) is 0 Å². The highest BCUT2D eigenvalue weighted by molar-refractivity contribution is 6.29. The molecular weight excluding hydrogens is 156 g/mol. The minimum Gasteiger partial charge on any atom is -0.0958 e. The van der Waals surface area contributed by atoms with Gasteiger partial charge in [-0.2, -0.15) is 0 Å². The third kappa shape index (κ3) is 4.86. The quantitative estimate of drug-likeness (QED) is 0.561. The van der Waals surface area contributed by atoms with Crippen LogP contribution in [0.1, 0.15) is 27.2 Å². The fourth-order valence-corrected chi connectivity index (χ4v) is 0.539. The van der Waals surface area contributed by atoms with E-state index in [0.717, 1.165) is 17.0 Å². The van der Waals surface area contributed by atoms with Gasteiger partial charge in [0.1, 0.15) is 0 Å². The second-order valence-corrected chi connectivity index (χ2v) is 3.08. The molecule has 0 aliphatic rings. The first-order valence-corrected chi connectivity index (χ1v) is 4.14. The van der Waals surface area contributed by atoms with Gasteiger partial charge < -0.3 is 0 Å². The van der Waals surface area contributed by atoms with Crippen LogP contribution in [0.15, 0.2) is 34.9 Å². The lowest BCUT2D eigenvalue weighted by Crippen LogP contribution is -1.74. The van der Waals surface area contributed by atoms with Crippen molar-refractivity contribution in [1.29, 1.82) is 0 Å². The highest BCUT2D eigenvalue weighted by atomic mass is 35.5. The zero-order chi connectivity index (χ0) is 8.85. The lowest BCUT2D eigenvalue weighted by atomic mass is 10.1. The van der Waals surface area contributed by atoms with Gasteiger partial charge in [-0.05, 0) is 31.9 Å².